The predicted octanol–water partition coefficient (Wildman–Crippen LogP) is 4.30. The van der Waals surface area contributed by atoms with Crippen LogP contribution in [0.15, 0.2) is 30.3 Å². The van der Waals surface area contributed by atoms with E-state index in [2.05, 4.69) is 51.1 Å². The average Bonchev–Trinajstić information content (AvgIpc) is 2.25. The van der Waals surface area contributed by atoms with Crippen molar-refractivity contribution in [2.45, 2.75) is 64.4 Å². The Hall–Kier alpha value is -0.820. The first kappa shape index (κ1) is 13.6. The summed E-state index contributed by atoms with van der Waals surface area (Å²) in [5.41, 5.74) is 1.69. The molecule has 1 nitrogen and oxygen atoms in total. The maximum absolute atomic E-state index is 10.6. The molecule has 1 aromatic carbocycles. The molecule has 0 saturated heterocycles. The van der Waals surface area contributed by atoms with Gasteiger partial charge in [-0.05, 0) is 36.7 Å². The smallest absolute Gasteiger partial charge is 0.0637 e. The van der Waals surface area contributed by atoms with Gasteiger partial charge >= 0.3 is 0 Å². The maximum Gasteiger partial charge on any atom is 0.0637 e. The standard InChI is InChI=1S/C17H26O/c1-16(2,3)13-10-15(18)17(11-7-12-17)14-8-5-4-6-9-14/h4-6,8-9,15,18H,7,10-13H2,1-3H3. The molecule has 1 N–H and O–H groups in total. The molecular formula is C17H26O. The highest BCUT2D eigenvalue weighted by molar-refractivity contribution is 5.29. The van der Waals surface area contributed by atoms with Crippen molar-refractivity contribution in [2.75, 3.05) is 0 Å². The normalized spacial score (nSPS) is 20.2. The van der Waals surface area contributed by atoms with Gasteiger partial charge in [-0.2, -0.15) is 0 Å². The first-order valence-electron chi connectivity index (χ1n) is 7.18. The molecule has 1 fully saturated rings. The second kappa shape index (κ2) is 5.05. The van der Waals surface area contributed by atoms with Gasteiger partial charge in [-0.1, -0.05) is 57.5 Å². The molecule has 18 heavy (non-hydrogen) atoms. The Bertz CT molecular complexity index is 370. The van der Waals surface area contributed by atoms with Crippen molar-refractivity contribution in [3.63, 3.8) is 0 Å². The van der Waals surface area contributed by atoms with Gasteiger partial charge in [0.05, 0.1) is 6.10 Å². The Balaban J connectivity index is 2.08. The maximum atomic E-state index is 10.6. The molecule has 0 amide bonds. The van der Waals surface area contributed by atoms with Gasteiger partial charge in [0, 0.05) is 5.41 Å². The summed E-state index contributed by atoms with van der Waals surface area (Å²) < 4.78 is 0. The first-order valence-corrected chi connectivity index (χ1v) is 7.18. The number of rotatable bonds is 4. The first-order chi connectivity index (χ1) is 8.44. The van der Waals surface area contributed by atoms with Crippen LogP contribution in [0.5, 0.6) is 0 Å². The summed E-state index contributed by atoms with van der Waals surface area (Å²) in [6.07, 6.45) is 5.35. The molecule has 2 rings (SSSR count). The molecule has 1 heteroatoms. The second-order valence-corrected chi connectivity index (χ2v) is 6.99. The van der Waals surface area contributed by atoms with E-state index in [1.807, 2.05) is 0 Å². The van der Waals surface area contributed by atoms with Crippen LogP contribution < -0.4 is 0 Å². The van der Waals surface area contributed by atoms with Crippen LogP contribution in [0.1, 0.15) is 58.4 Å². The summed E-state index contributed by atoms with van der Waals surface area (Å²) in [6, 6.07) is 10.6. The molecule has 1 aliphatic carbocycles. The van der Waals surface area contributed by atoms with Crippen LogP contribution in [-0.4, -0.2) is 11.2 Å². The third-order valence-electron chi connectivity index (χ3n) is 4.40. The third-order valence-corrected chi connectivity index (χ3v) is 4.40. The molecule has 0 aliphatic heterocycles. The van der Waals surface area contributed by atoms with E-state index in [1.54, 1.807) is 0 Å². The van der Waals surface area contributed by atoms with E-state index in [1.165, 1.54) is 12.0 Å². The van der Waals surface area contributed by atoms with Gasteiger partial charge in [-0.3, -0.25) is 0 Å². The topological polar surface area (TPSA) is 20.2 Å². The Morgan fingerprint density at radius 1 is 1.17 bits per heavy atom. The van der Waals surface area contributed by atoms with Crippen LogP contribution >= 0.6 is 0 Å². The lowest BCUT2D eigenvalue weighted by atomic mass is 9.60. The molecule has 1 saturated carbocycles. The summed E-state index contributed by atoms with van der Waals surface area (Å²) in [4.78, 5) is 0. The molecule has 0 aromatic heterocycles. The number of hydrogen-bond donors (Lipinski definition) is 1. The summed E-state index contributed by atoms with van der Waals surface area (Å²) in [5, 5.41) is 10.6. The SMILES string of the molecule is CC(C)(C)CCC(O)C1(c2ccccc2)CCC1. The molecule has 100 valence electrons. The van der Waals surface area contributed by atoms with Crippen LogP contribution in [0.4, 0.5) is 0 Å². The third kappa shape index (κ3) is 2.77. The zero-order valence-corrected chi connectivity index (χ0v) is 11.9. The van der Waals surface area contributed by atoms with E-state index in [0.717, 1.165) is 25.7 Å². The summed E-state index contributed by atoms with van der Waals surface area (Å²) >= 11 is 0. The Morgan fingerprint density at radius 2 is 1.78 bits per heavy atom. The van der Waals surface area contributed by atoms with Crippen LogP contribution in [0.2, 0.25) is 0 Å². The molecule has 0 spiro atoms. The number of aliphatic hydroxyl groups is 1. The van der Waals surface area contributed by atoms with Gasteiger partial charge in [0.25, 0.3) is 0 Å². The Morgan fingerprint density at radius 3 is 2.22 bits per heavy atom. The van der Waals surface area contributed by atoms with E-state index < -0.39 is 0 Å². The van der Waals surface area contributed by atoms with Crippen LogP contribution in [0.25, 0.3) is 0 Å². The highest BCUT2D eigenvalue weighted by atomic mass is 16.3. The fraction of sp³-hybridized carbons (Fsp3) is 0.647. The zero-order valence-electron chi connectivity index (χ0n) is 11.9. The van der Waals surface area contributed by atoms with Gasteiger partial charge in [-0.25, -0.2) is 0 Å². The Kier molecular flexibility index (Phi) is 3.82. The minimum atomic E-state index is -0.187. The number of aliphatic hydroxyl groups excluding tert-OH is 1. The van der Waals surface area contributed by atoms with Crippen molar-refractivity contribution in [1.29, 1.82) is 0 Å². The lowest BCUT2D eigenvalue weighted by molar-refractivity contribution is 0.0150. The summed E-state index contributed by atoms with van der Waals surface area (Å²) in [7, 11) is 0. The lowest BCUT2D eigenvalue weighted by Crippen LogP contribution is -2.45. The van der Waals surface area contributed by atoms with Crippen LogP contribution in [-0.2, 0) is 5.41 Å². The second-order valence-electron chi connectivity index (χ2n) is 6.99. The minimum absolute atomic E-state index is 0.0481. The van der Waals surface area contributed by atoms with Crippen molar-refractivity contribution >= 4 is 0 Å². The quantitative estimate of drug-likeness (QED) is 0.840. The molecule has 1 atom stereocenters. The molecule has 1 unspecified atom stereocenters. The molecule has 0 heterocycles. The number of benzene rings is 1. The van der Waals surface area contributed by atoms with E-state index in [0.29, 0.717) is 5.41 Å². The summed E-state index contributed by atoms with van der Waals surface area (Å²) in [6.45, 7) is 6.74. The molecular weight excluding hydrogens is 220 g/mol. The highest BCUT2D eigenvalue weighted by Crippen LogP contribution is 2.48. The van der Waals surface area contributed by atoms with Gasteiger partial charge < -0.3 is 5.11 Å². The summed E-state index contributed by atoms with van der Waals surface area (Å²) in [5.74, 6) is 0. The van der Waals surface area contributed by atoms with Crippen molar-refractivity contribution in [2.24, 2.45) is 5.41 Å². The predicted molar refractivity (Wildman–Crippen MR) is 76.7 cm³/mol. The van der Waals surface area contributed by atoms with Gasteiger partial charge in [-0.15, -0.1) is 0 Å². The molecule has 1 aromatic rings. The van der Waals surface area contributed by atoms with Gasteiger partial charge in [0.1, 0.15) is 0 Å². The van der Waals surface area contributed by atoms with Crippen molar-refractivity contribution in [1.82, 2.24) is 0 Å². The van der Waals surface area contributed by atoms with Crippen molar-refractivity contribution < 1.29 is 5.11 Å². The van der Waals surface area contributed by atoms with E-state index in [4.69, 9.17) is 0 Å². The van der Waals surface area contributed by atoms with E-state index in [-0.39, 0.29) is 11.5 Å². The zero-order chi connectivity index (χ0) is 13.2. The number of hydrogen-bond acceptors (Lipinski definition) is 1. The van der Waals surface area contributed by atoms with Crippen LogP contribution in [0, 0.1) is 5.41 Å². The largest absolute Gasteiger partial charge is 0.392 e. The fourth-order valence-electron chi connectivity index (χ4n) is 2.99. The minimum Gasteiger partial charge on any atom is -0.392 e. The van der Waals surface area contributed by atoms with E-state index >= 15 is 0 Å². The highest BCUT2D eigenvalue weighted by Gasteiger charge is 2.44. The average molecular weight is 246 g/mol. The van der Waals surface area contributed by atoms with Crippen molar-refractivity contribution in [3.05, 3.63) is 35.9 Å². The fourth-order valence-corrected chi connectivity index (χ4v) is 2.99. The monoisotopic (exact) mass is 246 g/mol. The molecule has 0 bridgehead atoms. The molecule has 0 radical (unpaired) electrons. The Labute approximate surface area is 111 Å². The van der Waals surface area contributed by atoms with Crippen LogP contribution in [0.3, 0.4) is 0 Å². The van der Waals surface area contributed by atoms with Crippen molar-refractivity contribution in [3.8, 4) is 0 Å². The van der Waals surface area contributed by atoms with Gasteiger partial charge in [0.15, 0.2) is 0 Å². The van der Waals surface area contributed by atoms with E-state index in [9.17, 15) is 5.11 Å². The lowest BCUT2D eigenvalue weighted by Gasteiger charge is -2.46. The molecule has 1 aliphatic rings. The van der Waals surface area contributed by atoms with Gasteiger partial charge in [0.2, 0.25) is 0 Å².